The molecule has 0 fully saturated rings. The van der Waals surface area contributed by atoms with Crippen molar-refractivity contribution >= 4 is 6.01 Å². The van der Waals surface area contributed by atoms with Crippen LogP contribution in [0, 0.1) is 0 Å². The van der Waals surface area contributed by atoms with E-state index in [1.807, 2.05) is 0 Å². The van der Waals surface area contributed by atoms with Crippen LogP contribution in [-0.4, -0.2) is 11.0 Å². The summed E-state index contributed by atoms with van der Waals surface area (Å²) < 4.78 is 5.04. The first kappa shape index (κ1) is 8.07. The Hall–Kier alpha value is -1.03. The van der Waals surface area contributed by atoms with E-state index in [0.717, 1.165) is 5.76 Å². The maximum atomic E-state index is 5.28. The monoisotopic (exact) mass is 155 g/mol. The van der Waals surface area contributed by atoms with E-state index < -0.39 is 0 Å². The number of hydrogen-bond acceptors (Lipinski definition) is 4. The van der Waals surface area contributed by atoms with Crippen LogP contribution in [0.1, 0.15) is 19.6 Å². The maximum absolute atomic E-state index is 5.28. The number of aromatic nitrogens is 1. The van der Waals surface area contributed by atoms with Gasteiger partial charge in [-0.3, -0.25) is 0 Å². The van der Waals surface area contributed by atoms with Gasteiger partial charge in [0.2, 0.25) is 0 Å². The molecule has 1 heterocycles. The Bertz CT molecular complexity index is 219. The molecule has 0 aromatic carbocycles. The van der Waals surface area contributed by atoms with Crippen LogP contribution in [0.2, 0.25) is 0 Å². The van der Waals surface area contributed by atoms with Gasteiger partial charge in [-0.15, -0.1) is 0 Å². The molecule has 62 valence electrons. The second-order valence-electron chi connectivity index (χ2n) is 2.70. The van der Waals surface area contributed by atoms with Gasteiger partial charge in [0.05, 0.1) is 12.7 Å². The number of nitrogens with one attached hydrogen (secondary N) is 1. The maximum Gasteiger partial charge on any atom is 0.292 e. The number of hydrogen-bond donors (Lipinski definition) is 2. The van der Waals surface area contributed by atoms with Gasteiger partial charge >= 0.3 is 0 Å². The van der Waals surface area contributed by atoms with E-state index in [2.05, 4.69) is 24.1 Å². The molecule has 0 amide bonds. The van der Waals surface area contributed by atoms with Crippen molar-refractivity contribution in [2.24, 2.45) is 0 Å². The highest BCUT2D eigenvalue weighted by Crippen LogP contribution is 2.03. The number of rotatable bonds is 3. The molecule has 0 saturated heterocycles. The van der Waals surface area contributed by atoms with E-state index in [4.69, 9.17) is 10.2 Å². The van der Waals surface area contributed by atoms with Gasteiger partial charge in [-0.25, -0.2) is 4.98 Å². The Kier molecular flexibility index (Phi) is 2.48. The highest BCUT2D eigenvalue weighted by molar-refractivity contribution is 5.10. The summed E-state index contributed by atoms with van der Waals surface area (Å²) in [5.41, 5.74) is 5.28. The van der Waals surface area contributed by atoms with Crippen molar-refractivity contribution in [2.45, 2.75) is 26.4 Å². The van der Waals surface area contributed by atoms with Crippen LogP contribution >= 0.6 is 0 Å². The van der Waals surface area contributed by atoms with E-state index in [0.29, 0.717) is 12.6 Å². The van der Waals surface area contributed by atoms with E-state index in [-0.39, 0.29) is 6.01 Å². The van der Waals surface area contributed by atoms with Gasteiger partial charge in [0.25, 0.3) is 6.01 Å². The molecule has 0 spiro atoms. The molecular formula is C7H13N3O. The molecule has 0 unspecified atom stereocenters. The largest absolute Gasteiger partial charge is 0.428 e. The third-order valence-electron chi connectivity index (χ3n) is 1.26. The molecule has 1 aromatic heterocycles. The van der Waals surface area contributed by atoms with Crippen molar-refractivity contribution in [2.75, 3.05) is 5.73 Å². The number of anilines is 1. The average molecular weight is 155 g/mol. The Morgan fingerprint density at radius 3 is 2.91 bits per heavy atom. The average Bonchev–Trinajstić information content (AvgIpc) is 2.31. The summed E-state index contributed by atoms with van der Waals surface area (Å²) in [4.78, 5) is 3.77. The molecular weight excluding hydrogens is 142 g/mol. The second-order valence-corrected chi connectivity index (χ2v) is 2.70. The molecule has 0 bridgehead atoms. The van der Waals surface area contributed by atoms with Crippen LogP contribution in [0.5, 0.6) is 0 Å². The molecule has 3 N–H and O–H groups in total. The third-order valence-corrected chi connectivity index (χ3v) is 1.26. The van der Waals surface area contributed by atoms with E-state index >= 15 is 0 Å². The van der Waals surface area contributed by atoms with Gasteiger partial charge in [0, 0.05) is 6.04 Å². The van der Waals surface area contributed by atoms with E-state index in [9.17, 15) is 0 Å². The lowest BCUT2D eigenvalue weighted by atomic mass is 10.4. The van der Waals surface area contributed by atoms with Crippen LogP contribution in [-0.2, 0) is 6.54 Å². The van der Waals surface area contributed by atoms with Crippen LogP contribution in [0.3, 0.4) is 0 Å². The molecule has 0 aliphatic heterocycles. The van der Waals surface area contributed by atoms with Crippen LogP contribution in [0.25, 0.3) is 0 Å². The van der Waals surface area contributed by atoms with Gasteiger partial charge in [0.15, 0.2) is 0 Å². The fourth-order valence-corrected chi connectivity index (χ4v) is 0.709. The number of nitrogen functional groups attached to an aromatic ring is 1. The highest BCUT2D eigenvalue weighted by Gasteiger charge is 1.99. The lowest BCUT2D eigenvalue weighted by molar-refractivity contribution is 0.474. The summed E-state index contributed by atoms with van der Waals surface area (Å²) in [6.45, 7) is 4.82. The van der Waals surface area contributed by atoms with E-state index in [1.165, 1.54) is 0 Å². The number of oxazole rings is 1. The Morgan fingerprint density at radius 2 is 2.45 bits per heavy atom. The fourth-order valence-electron chi connectivity index (χ4n) is 0.709. The number of nitrogens with two attached hydrogens (primary N) is 1. The van der Waals surface area contributed by atoms with Gasteiger partial charge < -0.3 is 15.5 Å². The zero-order valence-corrected chi connectivity index (χ0v) is 6.79. The minimum Gasteiger partial charge on any atom is -0.428 e. The second kappa shape index (κ2) is 3.39. The molecule has 1 rings (SSSR count). The van der Waals surface area contributed by atoms with Gasteiger partial charge in [-0.1, -0.05) is 13.8 Å². The van der Waals surface area contributed by atoms with Crippen molar-refractivity contribution in [1.82, 2.24) is 10.3 Å². The lowest BCUT2D eigenvalue weighted by Crippen LogP contribution is -2.21. The Labute approximate surface area is 65.8 Å². The molecule has 1 aromatic rings. The predicted octanol–water partition coefficient (Wildman–Crippen LogP) is 0.755. The summed E-state index contributed by atoms with van der Waals surface area (Å²) in [7, 11) is 0. The number of nitrogens with zero attached hydrogens (tertiary/aromatic N) is 1. The molecule has 4 nitrogen and oxygen atoms in total. The Balaban J connectivity index is 2.39. The lowest BCUT2D eigenvalue weighted by Gasteiger charge is -2.03. The summed E-state index contributed by atoms with van der Waals surface area (Å²) in [6, 6.07) is 0.673. The zero-order valence-electron chi connectivity index (χ0n) is 6.79. The summed E-state index contributed by atoms with van der Waals surface area (Å²) >= 11 is 0. The minimum atomic E-state index is 0.227. The van der Waals surface area contributed by atoms with Crippen molar-refractivity contribution in [3.63, 3.8) is 0 Å². The zero-order chi connectivity index (χ0) is 8.27. The molecule has 4 heteroatoms. The third kappa shape index (κ3) is 2.59. The van der Waals surface area contributed by atoms with Crippen molar-refractivity contribution in [3.8, 4) is 0 Å². The van der Waals surface area contributed by atoms with Crippen molar-refractivity contribution in [3.05, 3.63) is 12.0 Å². The van der Waals surface area contributed by atoms with E-state index in [1.54, 1.807) is 6.20 Å². The van der Waals surface area contributed by atoms with Crippen LogP contribution in [0.4, 0.5) is 6.01 Å². The minimum absolute atomic E-state index is 0.227. The van der Waals surface area contributed by atoms with Crippen molar-refractivity contribution < 1.29 is 4.42 Å². The summed E-state index contributed by atoms with van der Waals surface area (Å²) in [5.74, 6) is 0.774. The fraction of sp³-hybridized carbons (Fsp3) is 0.571. The van der Waals surface area contributed by atoms with Crippen LogP contribution in [0.15, 0.2) is 10.6 Å². The Morgan fingerprint density at radius 1 is 1.73 bits per heavy atom. The quantitative estimate of drug-likeness (QED) is 0.676. The molecule has 0 aliphatic carbocycles. The van der Waals surface area contributed by atoms with Gasteiger partial charge in [-0.05, 0) is 0 Å². The predicted molar refractivity (Wildman–Crippen MR) is 42.9 cm³/mol. The van der Waals surface area contributed by atoms with Gasteiger partial charge in [0.1, 0.15) is 5.76 Å². The first-order valence-electron chi connectivity index (χ1n) is 3.62. The van der Waals surface area contributed by atoms with Crippen molar-refractivity contribution in [1.29, 1.82) is 0 Å². The smallest absolute Gasteiger partial charge is 0.292 e. The molecule has 0 atom stereocenters. The highest BCUT2D eigenvalue weighted by atomic mass is 16.4. The normalized spacial score (nSPS) is 10.8. The standard InChI is InChI=1S/C7H13N3O/c1-5(2)9-3-6-4-10-7(8)11-6/h4-5,9H,3H2,1-2H3,(H2,8,10). The first-order chi connectivity index (χ1) is 5.18. The molecule has 11 heavy (non-hydrogen) atoms. The molecule has 0 saturated carbocycles. The topological polar surface area (TPSA) is 64.1 Å². The van der Waals surface area contributed by atoms with Gasteiger partial charge in [-0.2, -0.15) is 0 Å². The SMILES string of the molecule is CC(C)NCc1cnc(N)o1. The molecule has 0 aliphatic rings. The summed E-state index contributed by atoms with van der Waals surface area (Å²) in [6.07, 6.45) is 1.63. The molecule has 0 radical (unpaired) electrons. The summed E-state index contributed by atoms with van der Waals surface area (Å²) in [5, 5.41) is 3.19. The van der Waals surface area contributed by atoms with Crippen LogP contribution < -0.4 is 11.1 Å². The first-order valence-corrected chi connectivity index (χ1v) is 3.62.